The molecule has 152 valence electrons. The van der Waals surface area contributed by atoms with Gasteiger partial charge < -0.3 is 15.6 Å². The number of carbonyl (C=O) groups excluding carboxylic acids is 2. The molecule has 2 aromatic heterocycles. The molecule has 0 fully saturated rings. The maximum atomic E-state index is 13.4. The number of aromatic nitrogens is 2. The van der Waals surface area contributed by atoms with Crippen LogP contribution in [0.2, 0.25) is 0 Å². The SMILES string of the molecule is O=C(CCCNC(=O)c1ccsc1)Nc1ccc2nc(-c3cccc(F)c3)[nH]c2c1. The largest absolute Gasteiger partial charge is 0.352 e. The fourth-order valence-electron chi connectivity index (χ4n) is 3.03. The molecule has 0 unspecified atom stereocenters. The summed E-state index contributed by atoms with van der Waals surface area (Å²) in [5.74, 6) is -0.0267. The van der Waals surface area contributed by atoms with Crippen molar-refractivity contribution in [3.8, 4) is 11.4 Å². The van der Waals surface area contributed by atoms with Crippen molar-refractivity contribution in [2.45, 2.75) is 12.8 Å². The van der Waals surface area contributed by atoms with Gasteiger partial charge in [0.15, 0.2) is 0 Å². The van der Waals surface area contributed by atoms with Crippen LogP contribution in [0.3, 0.4) is 0 Å². The van der Waals surface area contributed by atoms with E-state index in [9.17, 15) is 14.0 Å². The van der Waals surface area contributed by atoms with Gasteiger partial charge in [0.2, 0.25) is 5.91 Å². The number of benzene rings is 2. The Morgan fingerprint density at radius 1 is 1.13 bits per heavy atom. The number of rotatable bonds is 7. The van der Waals surface area contributed by atoms with E-state index in [2.05, 4.69) is 20.6 Å². The first-order valence-electron chi connectivity index (χ1n) is 9.44. The molecular weight excluding hydrogens is 403 g/mol. The predicted octanol–water partition coefficient (Wildman–Crippen LogP) is 4.58. The smallest absolute Gasteiger partial charge is 0.252 e. The third kappa shape index (κ3) is 4.72. The number of thiophene rings is 1. The van der Waals surface area contributed by atoms with Crippen LogP contribution in [0.5, 0.6) is 0 Å². The van der Waals surface area contributed by atoms with Crippen LogP contribution in [-0.2, 0) is 4.79 Å². The Bertz CT molecular complexity index is 1190. The highest BCUT2D eigenvalue weighted by Gasteiger charge is 2.09. The van der Waals surface area contributed by atoms with Crippen LogP contribution in [0.1, 0.15) is 23.2 Å². The standard InChI is InChI=1S/C22H19FN4O2S/c23-16-4-1-3-14(11-16)21-26-18-7-6-17(12-19(18)27-21)25-20(28)5-2-9-24-22(29)15-8-10-30-13-15/h1,3-4,6-8,10-13H,2,5,9H2,(H,24,29)(H,25,28)(H,26,27). The minimum atomic E-state index is -0.326. The molecule has 3 N–H and O–H groups in total. The zero-order valence-electron chi connectivity index (χ0n) is 15.9. The Labute approximate surface area is 176 Å². The van der Waals surface area contributed by atoms with E-state index in [1.165, 1.54) is 23.5 Å². The van der Waals surface area contributed by atoms with E-state index in [-0.39, 0.29) is 17.6 Å². The molecule has 4 rings (SSSR count). The van der Waals surface area contributed by atoms with Gasteiger partial charge in [-0.1, -0.05) is 12.1 Å². The zero-order valence-corrected chi connectivity index (χ0v) is 16.8. The molecule has 2 heterocycles. The summed E-state index contributed by atoms with van der Waals surface area (Å²) in [6, 6.07) is 13.3. The lowest BCUT2D eigenvalue weighted by molar-refractivity contribution is -0.116. The number of halogens is 1. The summed E-state index contributed by atoms with van der Waals surface area (Å²) >= 11 is 1.47. The van der Waals surface area contributed by atoms with Crippen molar-refractivity contribution in [1.82, 2.24) is 15.3 Å². The van der Waals surface area contributed by atoms with Crippen LogP contribution in [0.4, 0.5) is 10.1 Å². The van der Waals surface area contributed by atoms with Gasteiger partial charge in [-0.05, 0) is 48.2 Å². The van der Waals surface area contributed by atoms with E-state index in [0.29, 0.717) is 42.0 Å². The fourth-order valence-corrected chi connectivity index (χ4v) is 3.67. The lowest BCUT2D eigenvalue weighted by Gasteiger charge is -2.06. The minimum absolute atomic E-state index is 0.129. The monoisotopic (exact) mass is 422 g/mol. The molecule has 0 saturated carbocycles. The lowest BCUT2D eigenvalue weighted by Crippen LogP contribution is -2.25. The number of anilines is 1. The third-order valence-electron chi connectivity index (χ3n) is 4.51. The molecule has 2 aromatic carbocycles. The number of imidazole rings is 1. The van der Waals surface area contributed by atoms with E-state index >= 15 is 0 Å². The van der Waals surface area contributed by atoms with Gasteiger partial charge in [-0.25, -0.2) is 9.37 Å². The normalized spacial score (nSPS) is 10.8. The molecule has 0 spiro atoms. The highest BCUT2D eigenvalue weighted by molar-refractivity contribution is 7.08. The topological polar surface area (TPSA) is 86.9 Å². The lowest BCUT2D eigenvalue weighted by atomic mass is 10.2. The first-order valence-corrected chi connectivity index (χ1v) is 10.4. The summed E-state index contributed by atoms with van der Waals surface area (Å²) in [6.07, 6.45) is 0.831. The maximum Gasteiger partial charge on any atom is 0.252 e. The molecule has 0 bridgehead atoms. The Hall–Kier alpha value is -3.52. The van der Waals surface area contributed by atoms with Gasteiger partial charge >= 0.3 is 0 Å². The molecular formula is C22H19FN4O2S. The average Bonchev–Trinajstić information content (AvgIpc) is 3.41. The second kappa shape index (κ2) is 8.87. The first-order chi connectivity index (χ1) is 14.6. The van der Waals surface area contributed by atoms with Crippen molar-refractivity contribution in [1.29, 1.82) is 0 Å². The number of amides is 2. The predicted molar refractivity (Wildman–Crippen MR) is 116 cm³/mol. The highest BCUT2D eigenvalue weighted by atomic mass is 32.1. The number of nitrogens with zero attached hydrogens (tertiary/aromatic N) is 1. The van der Waals surface area contributed by atoms with Gasteiger partial charge in [-0.15, -0.1) is 0 Å². The van der Waals surface area contributed by atoms with Crippen LogP contribution in [-0.4, -0.2) is 28.3 Å². The summed E-state index contributed by atoms with van der Waals surface area (Å²) in [4.78, 5) is 31.7. The number of nitrogens with one attached hydrogen (secondary N) is 3. The van der Waals surface area contributed by atoms with Crippen molar-refractivity contribution in [3.63, 3.8) is 0 Å². The molecule has 4 aromatic rings. The second-order valence-corrected chi connectivity index (χ2v) is 7.53. The number of carbonyl (C=O) groups is 2. The van der Waals surface area contributed by atoms with E-state index in [0.717, 1.165) is 11.0 Å². The summed E-state index contributed by atoms with van der Waals surface area (Å²) < 4.78 is 13.4. The Morgan fingerprint density at radius 2 is 2.03 bits per heavy atom. The first kappa shape index (κ1) is 19.8. The molecule has 2 amide bonds. The van der Waals surface area contributed by atoms with E-state index in [1.54, 1.807) is 41.8 Å². The van der Waals surface area contributed by atoms with Crippen molar-refractivity contribution >= 4 is 39.9 Å². The van der Waals surface area contributed by atoms with Crippen molar-refractivity contribution in [2.24, 2.45) is 0 Å². The molecule has 0 radical (unpaired) electrons. The van der Waals surface area contributed by atoms with Gasteiger partial charge in [0.05, 0.1) is 11.0 Å². The van der Waals surface area contributed by atoms with E-state index < -0.39 is 0 Å². The van der Waals surface area contributed by atoms with Crippen molar-refractivity contribution in [2.75, 3.05) is 11.9 Å². The molecule has 0 aliphatic carbocycles. The third-order valence-corrected chi connectivity index (χ3v) is 5.20. The van der Waals surface area contributed by atoms with Gasteiger partial charge in [-0.2, -0.15) is 11.3 Å². The van der Waals surface area contributed by atoms with Crippen LogP contribution >= 0.6 is 11.3 Å². The molecule has 8 heteroatoms. The van der Waals surface area contributed by atoms with Crippen molar-refractivity contribution < 1.29 is 14.0 Å². The van der Waals surface area contributed by atoms with Gasteiger partial charge in [0.25, 0.3) is 5.91 Å². The number of fused-ring (bicyclic) bond motifs is 1. The summed E-state index contributed by atoms with van der Waals surface area (Å²) in [5.41, 5.74) is 3.40. The highest BCUT2D eigenvalue weighted by Crippen LogP contribution is 2.23. The molecule has 0 atom stereocenters. The molecule has 0 aliphatic heterocycles. The van der Waals surface area contributed by atoms with Crippen LogP contribution < -0.4 is 10.6 Å². The molecule has 0 aliphatic rings. The van der Waals surface area contributed by atoms with Crippen LogP contribution in [0, 0.1) is 5.82 Å². The number of hydrogen-bond acceptors (Lipinski definition) is 4. The number of aromatic amines is 1. The van der Waals surface area contributed by atoms with Crippen molar-refractivity contribution in [3.05, 3.63) is 70.7 Å². The Balaban J connectivity index is 1.32. The Morgan fingerprint density at radius 3 is 2.83 bits per heavy atom. The van der Waals surface area contributed by atoms with Crippen LogP contribution in [0.15, 0.2) is 59.3 Å². The van der Waals surface area contributed by atoms with Gasteiger partial charge in [-0.3, -0.25) is 9.59 Å². The molecule has 6 nitrogen and oxygen atoms in total. The maximum absolute atomic E-state index is 13.4. The summed E-state index contributed by atoms with van der Waals surface area (Å²) in [6.45, 7) is 0.429. The number of H-pyrrole nitrogens is 1. The second-order valence-electron chi connectivity index (χ2n) is 6.75. The summed E-state index contributed by atoms with van der Waals surface area (Å²) in [7, 11) is 0. The van der Waals surface area contributed by atoms with E-state index in [1.807, 2.05) is 5.38 Å². The Kier molecular flexibility index (Phi) is 5.85. The molecule has 0 saturated heterocycles. The van der Waals surface area contributed by atoms with Crippen LogP contribution in [0.25, 0.3) is 22.4 Å². The van der Waals surface area contributed by atoms with Gasteiger partial charge in [0.1, 0.15) is 11.6 Å². The number of hydrogen-bond donors (Lipinski definition) is 3. The molecule has 30 heavy (non-hydrogen) atoms. The zero-order chi connectivity index (χ0) is 20.9. The van der Waals surface area contributed by atoms with Gasteiger partial charge in [0, 0.05) is 35.2 Å². The fraction of sp³-hybridized carbons (Fsp3) is 0.136. The minimum Gasteiger partial charge on any atom is -0.352 e. The quantitative estimate of drug-likeness (QED) is 0.381. The van der Waals surface area contributed by atoms with E-state index in [4.69, 9.17) is 0 Å². The average molecular weight is 422 g/mol. The summed E-state index contributed by atoms with van der Waals surface area (Å²) in [5, 5.41) is 9.28.